The number of hydrogen-bond acceptors (Lipinski definition) is 3. The second kappa shape index (κ2) is 6.54. The third-order valence-corrected chi connectivity index (χ3v) is 4.51. The molecule has 1 fully saturated rings. The van der Waals surface area contributed by atoms with Crippen LogP contribution < -0.4 is 5.73 Å². The van der Waals surface area contributed by atoms with Crippen LogP contribution in [-0.2, 0) is 6.54 Å². The third-order valence-electron chi connectivity index (χ3n) is 4.51. The number of carbonyl (C=O) groups is 1. The van der Waals surface area contributed by atoms with Crippen molar-refractivity contribution in [1.82, 2.24) is 14.7 Å². The van der Waals surface area contributed by atoms with Crippen LogP contribution in [0.25, 0.3) is 0 Å². The van der Waals surface area contributed by atoms with Gasteiger partial charge in [0.15, 0.2) is 0 Å². The minimum Gasteiger partial charge on any atom is -0.336 e. The summed E-state index contributed by atoms with van der Waals surface area (Å²) in [4.78, 5) is 14.7. The quantitative estimate of drug-likeness (QED) is 0.941. The smallest absolute Gasteiger partial charge is 0.257 e. The second-order valence-corrected chi connectivity index (χ2v) is 6.28. The van der Waals surface area contributed by atoms with Crippen LogP contribution in [0.4, 0.5) is 0 Å². The number of nitrogens with zero attached hydrogens (tertiary/aromatic N) is 3. The van der Waals surface area contributed by atoms with Crippen LogP contribution in [0.15, 0.2) is 36.5 Å². The highest BCUT2D eigenvalue weighted by Crippen LogP contribution is 2.27. The molecule has 1 aliphatic heterocycles. The first-order valence-corrected chi connectivity index (χ1v) is 8.24. The van der Waals surface area contributed by atoms with Gasteiger partial charge < -0.3 is 10.6 Å². The summed E-state index contributed by atoms with van der Waals surface area (Å²) in [5.41, 5.74) is 8.98. The normalized spacial score (nSPS) is 20.9. The van der Waals surface area contributed by atoms with Gasteiger partial charge in [-0.05, 0) is 18.9 Å². The van der Waals surface area contributed by atoms with Gasteiger partial charge in [0.25, 0.3) is 5.91 Å². The molecule has 2 aromatic rings. The average molecular weight is 312 g/mol. The van der Waals surface area contributed by atoms with Crippen LogP contribution in [0.3, 0.4) is 0 Å². The molecule has 1 aromatic heterocycles. The molecular formula is C18H24N4O. The van der Waals surface area contributed by atoms with Crippen molar-refractivity contribution in [2.75, 3.05) is 13.1 Å². The SMILES string of the molecule is CCCn1cc(C(=O)N2C[C@H](c3ccccc3)[C@@H](N)C2)c(C)n1. The van der Waals surface area contributed by atoms with Crippen molar-refractivity contribution in [3.8, 4) is 0 Å². The maximum Gasteiger partial charge on any atom is 0.257 e. The van der Waals surface area contributed by atoms with Gasteiger partial charge in [-0.25, -0.2) is 0 Å². The number of nitrogens with two attached hydrogens (primary N) is 1. The van der Waals surface area contributed by atoms with Crippen LogP contribution >= 0.6 is 0 Å². The molecule has 2 heterocycles. The minimum absolute atomic E-state index is 0.0210. The van der Waals surface area contributed by atoms with Crippen LogP contribution in [0.5, 0.6) is 0 Å². The molecule has 1 aromatic carbocycles. The highest BCUT2D eigenvalue weighted by Gasteiger charge is 2.35. The summed E-state index contributed by atoms with van der Waals surface area (Å²) >= 11 is 0. The van der Waals surface area contributed by atoms with Crippen LogP contribution in [0, 0.1) is 6.92 Å². The predicted octanol–water partition coefficient (Wildman–Crippen LogP) is 2.17. The average Bonchev–Trinajstić information content (AvgIpc) is 3.11. The number of hydrogen-bond donors (Lipinski definition) is 1. The van der Waals surface area contributed by atoms with Gasteiger partial charge in [0.1, 0.15) is 0 Å². The van der Waals surface area contributed by atoms with Gasteiger partial charge in [0.2, 0.25) is 0 Å². The predicted molar refractivity (Wildman–Crippen MR) is 90.3 cm³/mol. The van der Waals surface area contributed by atoms with E-state index in [0.717, 1.165) is 18.7 Å². The van der Waals surface area contributed by atoms with E-state index in [-0.39, 0.29) is 17.9 Å². The van der Waals surface area contributed by atoms with E-state index >= 15 is 0 Å². The summed E-state index contributed by atoms with van der Waals surface area (Å²) < 4.78 is 1.85. The van der Waals surface area contributed by atoms with Gasteiger partial charge in [-0.1, -0.05) is 37.3 Å². The number of aryl methyl sites for hydroxylation is 2. The molecule has 2 N–H and O–H groups in total. The minimum atomic E-state index is -0.0210. The maximum absolute atomic E-state index is 12.8. The monoisotopic (exact) mass is 312 g/mol. The number of carbonyl (C=O) groups excluding carboxylic acids is 1. The Labute approximate surface area is 137 Å². The molecule has 0 saturated carbocycles. The molecule has 5 heteroatoms. The molecule has 0 bridgehead atoms. The number of amides is 1. The van der Waals surface area contributed by atoms with Gasteiger partial charge >= 0.3 is 0 Å². The maximum atomic E-state index is 12.8. The fraction of sp³-hybridized carbons (Fsp3) is 0.444. The van der Waals surface area contributed by atoms with Gasteiger partial charge in [-0.15, -0.1) is 0 Å². The van der Waals surface area contributed by atoms with Crippen LogP contribution in [0.2, 0.25) is 0 Å². The lowest BCUT2D eigenvalue weighted by atomic mass is 9.95. The van der Waals surface area contributed by atoms with Gasteiger partial charge in [-0.2, -0.15) is 5.10 Å². The van der Waals surface area contributed by atoms with Crippen LogP contribution in [-0.4, -0.2) is 39.7 Å². The Bertz CT molecular complexity index is 680. The van der Waals surface area contributed by atoms with Gasteiger partial charge in [0, 0.05) is 37.8 Å². The fourth-order valence-electron chi connectivity index (χ4n) is 3.29. The molecule has 0 spiro atoms. The molecule has 5 nitrogen and oxygen atoms in total. The highest BCUT2D eigenvalue weighted by atomic mass is 16.2. The molecule has 0 radical (unpaired) electrons. The summed E-state index contributed by atoms with van der Waals surface area (Å²) in [7, 11) is 0. The number of likely N-dealkylation sites (tertiary alicyclic amines) is 1. The molecule has 1 saturated heterocycles. The summed E-state index contributed by atoms with van der Waals surface area (Å²) in [5.74, 6) is 0.241. The number of rotatable bonds is 4. The van der Waals surface area contributed by atoms with E-state index < -0.39 is 0 Å². The number of aromatic nitrogens is 2. The molecule has 122 valence electrons. The molecular weight excluding hydrogens is 288 g/mol. The van der Waals surface area contributed by atoms with Gasteiger partial charge in [0.05, 0.1) is 11.3 Å². The first-order chi connectivity index (χ1) is 11.1. The Balaban J connectivity index is 1.76. The van der Waals surface area contributed by atoms with Crippen LogP contribution in [0.1, 0.15) is 40.9 Å². The molecule has 1 aliphatic rings. The molecule has 0 aliphatic carbocycles. The van der Waals surface area contributed by atoms with Crippen molar-refractivity contribution in [3.05, 3.63) is 53.3 Å². The van der Waals surface area contributed by atoms with E-state index in [2.05, 4.69) is 24.2 Å². The third kappa shape index (κ3) is 3.15. The van der Waals surface area contributed by atoms with Crippen molar-refractivity contribution in [2.24, 2.45) is 5.73 Å². The fourth-order valence-corrected chi connectivity index (χ4v) is 3.29. The van der Waals surface area contributed by atoms with E-state index in [0.29, 0.717) is 18.7 Å². The molecule has 2 atom stereocenters. The summed E-state index contributed by atoms with van der Waals surface area (Å²) in [5, 5.41) is 4.43. The largest absolute Gasteiger partial charge is 0.336 e. The lowest BCUT2D eigenvalue weighted by Crippen LogP contribution is -2.32. The summed E-state index contributed by atoms with van der Waals surface area (Å²) in [6.45, 7) is 6.09. The zero-order chi connectivity index (χ0) is 16.4. The summed E-state index contributed by atoms with van der Waals surface area (Å²) in [6, 6.07) is 10.2. The van der Waals surface area contributed by atoms with E-state index in [4.69, 9.17) is 5.73 Å². The standard InChI is InChI=1S/C18H24N4O/c1-3-9-22-11-15(13(2)20-22)18(23)21-10-16(17(19)12-21)14-7-5-4-6-8-14/h4-8,11,16-17H,3,9-10,12,19H2,1-2H3/t16-,17+/m1/s1. The molecule has 1 amide bonds. The Kier molecular flexibility index (Phi) is 4.48. The van der Waals surface area contributed by atoms with Crippen molar-refractivity contribution < 1.29 is 4.79 Å². The van der Waals surface area contributed by atoms with Crippen molar-refractivity contribution in [3.63, 3.8) is 0 Å². The first kappa shape index (κ1) is 15.7. The Morgan fingerprint density at radius 1 is 1.30 bits per heavy atom. The molecule has 0 unspecified atom stereocenters. The van der Waals surface area contributed by atoms with Gasteiger partial charge in [-0.3, -0.25) is 9.48 Å². The zero-order valence-corrected chi connectivity index (χ0v) is 13.8. The second-order valence-electron chi connectivity index (χ2n) is 6.28. The Morgan fingerprint density at radius 2 is 2.04 bits per heavy atom. The summed E-state index contributed by atoms with van der Waals surface area (Å²) in [6.07, 6.45) is 2.86. The number of benzene rings is 1. The van der Waals surface area contributed by atoms with E-state index in [1.54, 1.807) is 0 Å². The lowest BCUT2D eigenvalue weighted by Gasteiger charge is -2.16. The lowest BCUT2D eigenvalue weighted by molar-refractivity contribution is 0.0788. The molecule has 23 heavy (non-hydrogen) atoms. The first-order valence-electron chi connectivity index (χ1n) is 8.24. The topological polar surface area (TPSA) is 64.2 Å². The molecule has 3 rings (SSSR count). The zero-order valence-electron chi connectivity index (χ0n) is 13.8. The van der Waals surface area contributed by atoms with Crippen molar-refractivity contribution in [2.45, 2.75) is 38.8 Å². The highest BCUT2D eigenvalue weighted by molar-refractivity contribution is 5.95. The Hall–Kier alpha value is -2.14. The van der Waals surface area contributed by atoms with E-state index in [9.17, 15) is 4.79 Å². The Morgan fingerprint density at radius 3 is 2.74 bits per heavy atom. The van der Waals surface area contributed by atoms with E-state index in [1.165, 1.54) is 5.56 Å². The van der Waals surface area contributed by atoms with Crippen molar-refractivity contribution >= 4 is 5.91 Å². The van der Waals surface area contributed by atoms with E-state index in [1.807, 2.05) is 40.9 Å². The van der Waals surface area contributed by atoms with Crippen molar-refractivity contribution in [1.29, 1.82) is 0 Å².